The van der Waals surface area contributed by atoms with Crippen LogP contribution in [0.2, 0.25) is 0 Å². The first-order valence-corrected chi connectivity index (χ1v) is 13.0. The summed E-state index contributed by atoms with van der Waals surface area (Å²) in [6.07, 6.45) is 21.1. The fraction of sp³-hybridized carbons (Fsp3) is 0.750. The molecule has 0 aliphatic carbocycles. The topological polar surface area (TPSA) is 29.1 Å². The molecule has 172 valence electrons. The highest BCUT2D eigenvalue weighted by Gasteiger charge is 2.03. The second-order valence-electron chi connectivity index (χ2n) is 9.37. The van der Waals surface area contributed by atoms with Gasteiger partial charge in [-0.2, -0.15) is 0 Å². The Kier molecular flexibility index (Phi) is 16.4. The maximum absolute atomic E-state index is 12.0. The van der Waals surface area contributed by atoms with Crippen LogP contribution in [0.25, 0.3) is 0 Å². The van der Waals surface area contributed by atoms with E-state index in [1.165, 1.54) is 101 Å². The zero-order valence-corrected chi connectivity index (χ0v) is 20.3. The second-order valence-corrected chi connectivity index (χ2v) is 9.37. The Bertz CT molecular complexity index is 520. The summed E-state index contributed by atoms with van der Waals surface area (Å²) in [5, 5.41) is 3.06. The average Bonchev–Trinajstić information content (AvgIpc) is 2.75. The minimum absolute atomic E-state index is 0.192. The third-order valence-electron chi connectivity index (χ3n) is 6.14. The zero-order valence-electron chi connectivity index (χ0n) is 20.3. The molecule has 1 aromatic carbocycles. The minimum atomic E-state index is 0.192. The van der Waals surface area contributed by atoms with Gasteiger partial charge in [0.1, 0.15) is 0 Å². The molecule has 0 unspecified atom stereocenters. The molecule has 1 rings (SSSR count). The fourth-order valence-corrected chi connectivity index (χ4v) is 3.97. The van der Waals surface area contributed by atoms with Crippen LogP contribution in [-0.4, -0.2) is 5.91 Å². The molecule has 0 heterocycles. The quantitative estimate of drug-likeness (QED) is 0.225. The minimum Gasteiger partial charge on any atom is -0.352 e. The lowest BCUT2D eigenvalue weighted by molar-refractivity contribution is -0.121. The first kappa shape index (κ1) is 26.7. The zero-order chi connectivity index (χ0) is 21.9. The van der Waals surface area contributed by atoms with Crippen molar-refractivity contribution in [2.75, 3.05) is 0 Å². The van der Waals surface area contributed by atoms with Crippen molar-refractivity contribution in [3.63, 3.8) is 0 Å². The Labute approximate surface area is 187 Å². The Morgan fingerprint density at radius 1 is 0.700 bits per heavy atom. The van der Waals surface area contributed by atoms with Crippen molar-refractivity contribution in [1.29, 1.82) is 0 Å². The maximum atomic E-state index is 12.0. The summed E-state index contributed by atoms with van der Waals surface area (Å²) in [5.41, 5.74) is 2.53. The highest BCUT2D eigenvalue weighted by Crippen LogP contribution is 2.15. The summed E-state index contributed by atoms with van der Waals surface area (Å²) in [5.74, 6) is 0.747. The Hall–Kier alpha value is -1.31. The molecular weight excluding hydrogens is 366 g/mol. The number of hydrogen-bond acceptors (Lipinski definition) is 1. The Morgan fingerprint density at radius 2 is 1.13 bits per heavy atom. The van der Waals surface area contributed by atoms with Gasteiger partial charge in [0.2, 0.25) is 5.91 Å². The molecule has 0 saturated carbocycles. The van der Waals surface area contributed by atoms with E-state index in [0.29, 0.717) is 18.9 Å². The molecule has 0 aromatic heterocycles. The van der Waals surface area contributed by atoms with E-state index in [-0.39, 0.29) is 5.91 Å². The summed E-state index contributed by atoms with van der Waals surface area (Å²) >= 11 is 0. The lowest BCUT2D eigenvalue weighted by Gasteiger charge is -2.08. The van der Waals surface area contributed by atoms with Crippen molar-refractivity contribution in [1.82, 2.24) is 5.32 Å². The smallest absolute Gasteiger partial charge is 0.220 e. The number of nitrogens with one attached hydrogen (secondary N) is 1. The SMILES string of the molecule is CCCCCCCCCCCCCCCCCC(=O)NCc1ccc(C(C)C)cc1. The van der Waals surface area contributed by atoms with Gasteiger partial charge in [-0.3, -0.25) is 4.79 Å². The van der Waals surface area contributed by atoms with E-state index in [4.69, 9.17) is 0 Å². The molecule has 1 aromatic rings. The van der Waals surface area contributed by atoms with Crippen LogP contribution in [0.1, 0.15) is 141 Å². The molecule has 0 spiro atoms. The standard InChI is InChI=1S/C28H49NO/c1-4-5-6-7-8-9-10-11-12-13-14-15-16-17-18-19-28(30)29-24-26-20-22-27(23-21-26)25(2)3/h20-23,25H,4-19,24H2,1-3H3,(H,29,30). The summed E-state index contributed by atoms with van der Waals surface area (Å²) in [6, 6.07) is 8.59. The highest BCUT2D eigenvalue weighted by molar-refractivity contribution is 5.75. The predicted molar refractivity (Wildman–Crippen MR) is 132 cm³/mol. The van der Waals surface area contributed by atoms with Crippen LogP contribution in [0.15, 0.2) is 24.3 Å². The Balaban J connectivity index is 1.86. The van der Waals surface area contributed by atoms with Crippen LogP contribution in [0.4, 0.5) is 0 Å². The highest BCUT2D eigenvalue weighted by atomic mass is 16.1. The van der Waals surface area contributed by atoms with E-state index in [9.17, 15) is 4.79 Å². The molecule has 1 N–H and O–H groups in total. The first-order valence-electron chi connectivity index (χ1n) is 13.0. The van der Waals surface area contributed by atoms with Gasteiger partial charge >= 0.3 is 0 Å². The number of amides is 1. The molecule has 0 aliphatic rings. The maximum Gasteiger partial charge on any atom is 0.220 e. The number of carbonyl (C=O) groups excluding carboxylic acids is 1. The second kappa shape index (κ2) is 18.5. The van der Waals surface area contributed by atoms with Gasteiger partial charge in [-0.1, -0.05) is 135 Å². The van der Waals surface area contributed by atoms with Gasteiger partial charge in [0.15, 0.2) is 0 Å². The van der Waals surface area contributed by atoms with Gasteiger partial charge in [-0.15, -0.1) is 0 Å². The van der Waals surface area contributed by atoms with Gasteiger partial charge in [-0.05, 0) is 23.5 Å². The van der Waals surface area contributed by atoms with E-state index in [2.05, 4.69) is 50.4 Å². The van der Waals surface area contributed by atoms with Crippen molar-refractivity contribution in [3.05, 3.63) is 35.4 Å². The molecule has 0 radical (unpaired) electrons. The Morgan fingerprint density at radius 3 is 1.57 bits per heavy atom. The molecule has 2 heteroatoms. The number of benzene rings is 1. The molecule has 1 amide bonds. The largest absolute Gasteiger partial charge is 0.352 e. The van der Waals surface area contributed by atoms with Crippen LogP contribution in [0, 0.1) is 0 Å². The van der Waals surface area contributed by atoms with Crippen molar-refractivity contribution in [2.45, 2.75) is 136 Å². The summed E-state index contributed by atoms with van der Waals surface area (Å²) in [4.78, 5) is 12.0. The van der Waals surface area contributed by atoms with Gasteiger partial charge in [-0.25, -0.2) is 0 Å². The summed E-state index contributed by atoms with van der Waals surface area (Å²) in [6.45, 7) is 7.34. The lowest BCUT2D eigenvalue weighted by atomic mass is 10.0. The molecule has 0 bridgehead atoms. The number of hydrogen-bond donors (Lipinski definition) is 1. The van der Waals surface area contributed by atoms with Gasteiger partial charge in [0.25, 0.3) is 0 Å². The van der Waals surface area contributed by atoms with E-state index >= 15 is 0 Å². The van der Waals surface area contributed by atoms with Crippen LogP contribution < -0.4 is 5.32 Å². The third-order valence-corrected chi connectivity index (χ3v) is 6.14. The molecule has 30 heavy (non-hydrogen) atoms. The van der Waals surface area contributed by atoms with Crippen molar-refractivity contribution >= 4 is 5.91 Å². The summed E-state index contributed by atoms with van der Waals surface area (Å²) < 4.78 is 0. The average molecular weight is 416 g/mol. The van der Waals surface area contributed by atoms with Crippen LogP contribution in [0.3, 0.4) is 0 Å². The molecule has 0 atom stereocenters. The van der Waals surface area contributed by atoms with Crippen LogP contribution >= 0.6 is 0 Å². The van der Waals surface area contributed by atoms with E-state index in [0.717, 1.165) is 6.42 Å². The van der Waals surface area contributed by atoms with Crippen LogP contribution in [-0.2, 0) is 11.3 Å². The lowest BCUT2D eigenvalue weighted by Crippen LogP contribution is -2.22. The number of rotatable bonds is 19. The van der Waals surface area contributed by atoms with Crippen LogP contribution in [0.5, 0.6) is 0 Å². The van der Waals surface area contributed by atoms with Crippen molar-refractivity contribution < 1.29 is 4.79 Å². The van der Waals surface area contributed by atoms with E-state index < -0.39 is 0 Å². The first-order chi connectivity index (χ1) is 14.6. The molecule has 0 aliphatic heterocycles. The number of unbranched alkanes of at least 4 members (excludes halogenated alkanes) is 14. The summed E-state index contributed by atoms with van der Waals surface area (Å²) in [7, 11) is 0. The van der Waals surface area contributed by atoms with Crippen molar-refractivity contribution in [3.8, 4) is 0 Å². The fourth-order valence-electron chi connectivity index (χ4n) is 3.97. The van der Waals surface area contributed by atoms with Gasteiger partial charge < -0.3 is 5.32 Å². The monoisotopic (exact) mass is 415 g/mol. The van der Waals surface area contributed by atoms with E-state index in [1.54, 1.807) is 0 Å². The normalized spacial score (nSPS) is 11.2. The molecule has 0 fully saturated rings. The van der Waals surface area contributed by atoms with E-state index in [1.807, 2.05) is 0 Å². The predicted octanol–water partition coefficient (Wildman–Crippen LogP) is 8.69. The molecule has 0 saturated heterocycles. The third kappa shape index (κ3) is 14.6. The molecular formula is C28H49NO. The van der Waals surface area contributed by atoms with Gasteiger partial charge in [0, 0.05) is 13.0 Å². The number of carbonyl (C=O) groups is 1. The van der Waals surface area contributed by atoms with Gasteiger partial charge in [0.05, 0.1) is 0 Å². The molecule has 2 nitrogen and oxygen atoms in total. The van der Waals surface area contributed by atoms with Crippen molar-refractivity contribution in [2.24, 2.45) is 0 Å².